The monoisotopic (exact) mass is 227 g/mol. The number of para-hydroxylation sites is 1. The minimum Gasteiger partial charge on any atom is -0.434 e. The number of nitrogens with one attached hydrogen (secondary N) is 1. The minimum absolute atomic E-state index is 0.0738. The molecule has 0 aliphatic rings. The van der Waals surface area contributed by atoms with Crippen molar-refractivity contribution in [3.05, 3.63) is 42.5 Å². The van der Waals surface area contributed by atoms with Crippen LogP contribution in [0.25, 0.3) is 0 Å². The highest BCUT2D eigenvalue weighted by molar-refractivity contribution is 5.96. The number of hydrogen-bond donors (Lipinski definition) is 1. The van der Waals surface area contributed by atoms with Gasteiger partial charge in [0.2, 0.25) is 0 Å². The van der Waals surface area contributed by atoms with Crippen LogP contribution in [0.3, 0.4) is 0 Å². The fourth-order valence-electron chi connectivity index (χ4n) is 1.11. The van der Waals surface area contributed by atoms with Gasteiger partial charge in [-0.3, -0.25) is 4.79 Å². The number of carbonyl (C=O) groups excluding carboxylic acids is 1. The van der Waals surface area contributed by atoms with Crippen LogP contribution in [0.5, 0.6) is 5.75 Å². The predicted molar refractivity (Wildman–Crippen MR) is 55.6 cm³/mol. The molecule has 1 rings (SSSR count). The predicted octanol–water partition coefficient (Wildman–Crippen LogP) is 2.20. The van der Waals surface area contributed by atoms with Crippen LogP contribution in [0, 0.1) is 0 Å². The molecule has 0 atom stereocenters. The molecule has 1 amide bonds. The van der Waals surface area contributed by atoms with Gasteiger partial charge in [0.25, 0.3) is 5.91 Å². The first kappa shape index (κ1) is 12.2. The fourth-order valence-corrected chi connectivity index (χ4v) is 1.11. The lowest BCUT2D eigenvalue weighted by Crippen LogP contribution is -2.24. The molecule has 0 saturated carbocycles. The van der Waals surface area contributed by atoms with Gasteiger partial charge >= 0.3 is 6.61 Å². The van der Waals surface area contributed by atoms with E-state index in [1.807, 2.05) is 0 Å². The van der Waals surface area contributed by atoms with E-state index < -0.39 is 12.5 Å². The molecule has 5 heteroatoms. The zero-order valence-electron chi connectivity index (χ0n) is 8.45. The van der Waals surface area contributed by atoms with E-state index >= 15 is 0 Å². The number of ether oxygens (including phenoxy) is 1. The summed E-state index contributed by atoms with van der Waals surface area (Å²) < 4.78 is 28.3. The van der Waals surface area contributed by atoms with Crippen molar-refractivity contribution in [2.45, 2.75) is 6.61 Å². The van der Waals surface area contributed by atoms with E-state index in [-0.39, 0.29) is 17.9 Å². The molecule has 1 N–H and O–H groups in total. The zero-order chi connectivity index (χ0) is 12.0. The highest BCUT2D eigenvalue weighted by atomic mass is 19.3. The number of alkyl halides is 2. The lowest BCUT2D eigenvalue weighted by Gasteiger charge is -2.09. The Morgan fingerprint density at radius 3 is 2.81 bits per heavy atom. The van der Waals surface area contributed by atoms with Gasteiger partial charge in [-0.05, 0) is 12.1 Å². The van der Waals surface area contributed by atoms with Crippen LogP contribution in [0.4, 0.5) is 8.78 Å². The van der Waals surface area contributed by atoms with E-state index in [1.165, 1.54) is 24.3 Å². The molecule has 0 aromatic heterocycles. The second-order valence-corrected chi connectivity index (χ2v) is 2.87. The first-order valence-corrected chi connectivity index (χ1v) is 4.58. The number of hydrogen-bond acceptors (Lipinski definition) is 2. The summed E-state index contributed by atoms with van der Waals surface area (Å²) in [4.78, 5) is 11.5. The van der Waals surface area contributed by atoms with E-state index in [2.05, 4.69) is 16.6 Å². The van der Waals surface area contributed by atoms with Crippen molar-refractivity contribution >= 4 is 5.91 Å². The SMILES string of the molecule is C=CCNC(=O)c1ccccc1OC(F)F. The lowest BCUT2D eigenvalue weighted by atomic mass is 10.2. The van der Waals surface area contributed by atoms with Crippen LogP contribution in [-0.2, 0) is 0 Å². The van der Waals surface area contributed by atoms with Crippen LogP contribution in [0.15, 0.2) is 36.9 Å². The number of halogens is 2. The summed E-state index contributed by atoms with van der Waals surface area (Å²) in [5.74, 6) is -0.616. The number of carbonyl (C=O) groups is 1. The van der Waals surface area contributed by atoms with Crippen LogP contribution in [0.1, 0.15) is 10.4 Å². The standard InChI is InChI=1S/C11H11F2NO2/c1-2-7-14-10(15)8-5-3-4-6-9(8)16-11(12)13/h2-6,11H,1,7H2,(H,14,15). The fraction of sp³-hybridized carbons (Fsp3) is 0.182. The first-order chi connectivity index (χ1) is 7.65. The molecule has 0 aliphatic carbocycles. The third-order valence-corrected chi connectivity index (χ3v) is 1.75. The second-order valence-electron chi connectivity index (χ2n) is 2.87. The first-order valence-electron chi connectivity index (χ1n) is 4.58. The molecule has 3 nitrogen and oxygen atoms in total. The van der Waals surface area contributed by atoms with Gasteiger partial charge in [-0.25, -0.2) is 0 Å². The summed E-state index contributed by atoms with van der Waals surface area (Å²) in [7, 11) is 0. The lowest BCUT2D eigenvalue weighted by molar-refractivity contribution is -0.0501. The summed E-state index contributed by atoms with van der Waals surface area (Å²) >= 11 is 0. The average Bonchev–Trinajstić information content (AvgIpc) is 2.26. The number of benzene rings is 1. The normalized spacial score (nSPS) is 9.94. The Morgan fingerprint density at radius 2 is 2.19 bits per heavy atom. The van der Waals surface area contributed by atoms with E-state index in [4.69, 9.17) is 0 Å². The van der Waals surface area contributed by atoms with Crippen molar-refractivity contribution in [2.24, 2.45) is 0 Å². The summed E-state index contributed by atoms with van der Waals surface area (Å²) in [6.07, 6.45) is 1.49. The molecule has 0 heterocycles. The molecule has 0 fully saturated rings. The average molecular weight is 227 g/mol. The quantitative estimate of drug-likeness (QED) is 0.783. The Balaban J connectivity index is 2.85. The van der Waals surface area contributed by atoms with Gasteiger partial charge in [-0.15, -0.1) is 6.58 Å². The van der Waals surface area contributed by atoms with Crippen LogP contribution in [0.2, 0.25) is 0 Å². The van der Waals surface area contributed by atoms with Gasteiger partial charge in [0, 0.05) is 6.54 Å². The smallest absolute Gasteiger partial charge is 0.387 e. The Hall–Kier alpha value is -1.91. The van der Waals surface area contributed by atoms with Crippen molar-refractivity contribution in [1.82, 2.24) is 5.32 Å². The van der Waals surface area contributed by atoms with Gasteiger partial charge in [-0.1, -0.05) is 18.2 Å². The Bertz CT molecular complexity index is 380. The second kappa shape index (κ2) is 5.85. The molecule has 1 aromatic rings. The summed E-state index contributed by atoms with van der Waals surface area (Å²) in [5, 5.41) is 2.48. The Labute approximate surface area is 91.7 Å². The Morgan fingerprint density at radius 1 is 1.50 bits per heavy atom. The molecule has 0 radical (unpaired) electrons. The molecule has 1 aromatic carbocycles. The molecule has 86 valence electrons. The van der Waals surface area contributed by atoms with E-state index in [0.717, 1.165) is 0 Å². The molecular weight excluding hydrogens is 216 g/mol. The summed E-state index contributed by atoms with van der Waals surface area (Å²) in [5.41, 5.74) is 0.0738. The molecule has 0 unspecified atom stereocenters. The summed E-state index contributed by atoms with van der Waals surface area (Å²) in [6.45, 7) is 0.746. The van der Waals surface area contributed by atoms with E-state index in [0.29, 0.717) is 0 Å². The minimum atomic E-state index is -2.95. The zero-order valence-corrected chi connectivity index (χ0v) is 8.45. The van der Waals surface area contributed by atoms with Crippen LogP contribution < -0.4 is 10.1 Å². The summed E-state index contributed by atoms with van der Waals surface area (Å²) in [6, 6.07) is 5.81. The maximum Gasteiger partial charge on any atom is 0.387 e. The van der Waals surface area contributed by atoms with Gasteiger partial charge in [0.05, 0.1) is 5.56 Å². The van der Waals surface area contributed by atoms with Crippen molar-refractivity contribution in [1.29, 1.82) is 0 Å². The van der Waals surface area contributed by atoms with Gasteiger partial charge in [-0.2, -0.15) is 8.78 Å². The van der Waals surface area contributed by atoms with Gasteiger partial charge < -0.3 is 10.1 Å². The van der Waals surface area contributed by atoms with Crippen molar-refractivity contribution < 1.29 is 18.3 Å². The topological polar surface area (TPSA) is 38.3 Å². The Kier molecular flexibility index (Phi) is 4.44. The van der Waals surface area contributed by atoms with Gasteiger partial charge in [0.15, 0.2) is 0 Å². The van der Waals surface area contributed by atoms with Crippen molar-refractivity contribution in [3.63, 3.8) is 0 Å². The molecule has 0 bridgehead atoms. The third-order valence-electron chi connectivity index (χ3n) is 1.75. The van der Waals surface area contributed by atoms with Crippen LogP contribution >= 0.6 is 0 Å². The maximum atomic E-state index is 12.0. The highest BCUT2D eigenvalue weighted by Gasteiger charge is 2.14. The molecule has 0 spiro atoms. The number of amides is 1. The molecule has 0 aliphatic heterocycles. The van der Waals surface area contributed by atoms with E-state index in [1.54, 1.807) is 6.07 Å². The van der Waals surface area contributed by atoms with Gasteiger partial charge in [0.1, 0.15) is 5.75 Å². The number of rotatable bonds is 5. The molecular formula is C11H11F2NO2. The van der Waals surface area contributed by atoms with Crippen molar-refractivity contribution in [3.8, 4) is 5.75 Å². The third kappa shape index (κ3) is 3.34. The molecule has 0 saturated heterocycles. The van der Waals surface area contributed by atoms with Crippen LogP contribution in [-0.4, -0.2) is 19.1 Å². The largest absolute Gasteiger partial charge is 0.434 e. The molecule has 16 heavy (non-hydrogen) atoms. The van der Waals surface area contributed by atoms with E-state index in [9.17, 15) is 13.6 Å². The highest BCUT2D eigenvalue weighted by Crippen LogP contribution is 2.19. The van der Waals surface area contributed by atoms with Crippen molar-refractivity contribution in [2.75, 3.05) is 6.54 Å². The maximum absolute atomic E-state index is 12.0.